The van der Waals surface area contributed by atoms with Crippen molar-refractivity contribution >= 4 is 19.0 Å². The van der Waals surface area contributed by atoms with Crippen LogP contribution in [0.3, 0.4) is 0 Å². The smallest absolute Gasteiger partial charge is 0.134 e. The Balaban J connectivity index is 3.94. The summed E-state index contributed by atoms with van der Waals surface area (Å²) in [6.45, 7) is 15.1. The molecule has 0 aromatic rings. The fourth-order valence-electron chi connectivity index (χ4n) is 2.98. The Morgan fingerprint density at radius 3 is 1.38 bits per heavy atom. The van der Waals surface area contributed by atoms with Crippen LogP contribution < -0.4 is 5.73 Å². The highest BCUT2D eigenvalue weighted by Crippen LogP contribution is 2.04. The van der Waals surface area contributed by atoms with E-state index in [0.717, 1.165) is 52.6 Å². The van der Waals surface area contributed by atoms with Gasteiger partial charge in [0.15, 0.2) is 0 Å². The number of hydrogen-bond donors (Lipinski definition) is 1. The summed E-state index contributed by atoms with van der Waals surface area (Å²) in [5.74, 6) is 0.182. The molecule has 26 heavy (non-hydrogen) atoms. The molecule has 0 aliphatic carbocycles. The predicted octanol–water partition coefficient (Wildman–Crippen LogP) is 0.915. The van der Waals surface area contributed by atoms with Crippen LogP contribution in [0.25, 0.3) is 0 Å². The summed E-state index contributed by atoms with van der Waals surface area (Å²) in [6.07, 6.45) is 2.45. The van der Waals surface area contributed by atoms with E-state index >= 15 is 0 Å². The normalized spacial score (nSPS) is 12.9. The molecule has 0 heterocycles. The average molecular weight is 409 g/mol. The second kappa shape index (κ2) is 19.9. The van der Waals surface area contributed by atoms with E-state index in [1.807, 2.05) is 27.7 Å². The van der Waals surface area contributed by atoms with Crippen LogP contribution in [0, 0.1) is 0 Å². The lowest BCUT2D eigenvalue weighted by molar-refractivity contribution is -0.0829. The molecule has 0 aliphatic heterocycles. The molecule has 0 saturated heterocycles. The molecule has 0 atom stereocenters. The van der Waals surface area contributed by atoms with Gasteiger partial charge in [0.1, 0.15) is 11.8 Å². The molecule has 0 saturated carbocycles. The molecule has 0 spiro atoms. The first-order valence-electron chi connectivity index (χ1n) is 10.6. The van der Waals surface area contributed by atoms with E-state index in [1.54, 1.807) is 0 Å². The summed E-state index contributed by atoms with van der Waals surface area (Å²) >= 11 is 0. The van der Waals surface area contributed by atoms with Crippen molar-refractivity contribution in [2.45, 2.75) is 64.5 Å². The zero-order valence-corrected chi connectivity index (χ0v) is 20.5. The Morgan fingerprint density at radius 2 is 1.08 bits per heavy atom. The maximum atomic E-state index is 5.79. The molecular formula is C18H44N2O4Si2. The zero-order valence-electron chi connectivity index (χ0n) is 17.7. The number of hydrogen-bond acceptors (Lipinski definition) is 6. The van der Waals surface area contributed by atoms with E-state index in [0.29, 0.717) is 0 Å². The summed E-state index contributed by atoms with van der Waals surface area (Å²) in [6, 6.07) is 2.52. The van der Waals surface area contributed by atoms with Crippen LogP contribution in [0.1, 0.15) is 40.5 Å². The van der Waals surface area contributed by atoms with Gasteiger partial charge in [-0.25, -0.2) is 0 Å². The predicted molar refractivity (Wildman–Crippen MR) is 116 cm³/mol. The molecule has 0 fully saturated rings. The van der Waals surface area contributed by atoms with E-state index in [-0.39, 0.29) is 30.9 Å². The van der Waals surface area contributed by atoms with Gasteiger partial charge in [0, 0.05) is 39.5 Å². The van der Waals surface area contributed by atoms with E-state index in [2.05, 4.69) is 4.90 Å². The van der Waals surface area contributed by atoms with Crippen molar-refractivity contribution in [3.63, 3.8) is 0 Å². The maximum absolute atomic E-state index is 5.79. The lowest BCUT2D eigenvalue weighted by Gasteiger charge is -2.23. The van der Waals surface area contributed by atoms with Crippen molar-refractivity contribution in [1.29, 1.82) is 0 Å². The molecule has 6 nitrogen and oxygen atoms in total. The van der Waals surface area contributed by atoms with E-state index < -0.39 is 0 Å². The van der Waals surface area contributed by atoms with Gasteiger partial charge in [0.25, 0.3) is 0 Å². The second-order valence-corrected chi connectivity index (χ2v) is 10.2. The van der Waals surface area contributed by atoms with Crippen molar-refractivity contribution in [3.05, 3.63) is 0 Å². The third kappa shape index (κ3) is 15.3. The largest absolute Gasteiger partial charge is 0.357 e. The van der Waals surface area contributed by atoms with Crippen LogP contribution in [0.4, 0.5) is 0 Å². The topological polar surface area (TPSA) is 66.2 Å². The van der Waals surface area contributed by atoms with Gasteiger partial charge in [-0.05, 0) is 53.6 Å². The number of nitrogens with zero attached hydrogens (tertiary/aromatic N) is 1. The van der Waals surface area contributed by atoms with Gasteiger partial charge in [-0.1, -0.05) is 12.1 Å². The van der Waals surface area contributed by atoms with Gasteiger partial charge in [-0.3, -0.25) is 0 Å². The minimum Gasteiger partial charge on any atom is -0.357 e. The molecule has 8 heteroatoms. The Labute approximate surface area is 166 Å². The molecular weight excluding hydrogens is 364 g/mol. The maximum Gasteiger partial charge on any atom is 0.134 e. The fourth-order valence-corrected chi connectivity index (χ4v) is 6.28. The van der Waals surface area contributed by atoms with Crippen LogP contribution in [-0.2, 0) is 18.9 Å². The van der Waals surface area contributed by atoms with Crippen molar-refractivity contribution < 1.29 is 18.9 Å². The number of ether oxygens (including phenoxy) is 4. The summed E-state index contributed by atoms with van der Waals surface area (Å²) in [4.78, 5) is 2.51. The van der Waals surface area contributed by atoms with Gasteiger partial charge >= 0.3 is 0 Å². The van der Waals surface area contributed by atoms with Crippen LogP contribution in [-0.4, -0.2) is 88.4 Å². The van der Waals surface area contributed by atoms with E-state index in [9.17, 15) is 0 Å². The average Bonchev–Trinajstić information content (AvgIpc) is 2.62. The minimum absolute atomic E-state index is 0.0908. The first kappa shape index (κ1) is 26.2. The molecule has 0 unspecified atom stereocenters. The van der Waals surface area contributed by atoms with Crippen LogP contribution in [0.2, 0.25) is 12.1 Å². The first-order chi connectivity index (χ1) is 12.7. The van der Waals surface area contributed by atoms with E-state index in [1.165, 1.54) is 24.9 Å². The third-order valence-electron chi connectivity index (χ3n) is 4.18. The van der Waals surface area contributed by atoms with Gasteiger partial charge < -0.3 is 29.6 Å². The van der Waals surface area contributed by atoms with Gasteiger partial charge in [0.2, 0.25) is 0 Å². The molecule has 0 radical (unpaired) electrons. The number of rotatable bonds is 20. The Hall–Kier alpha value is 0.194. The van der Waals surface area contributed by atoms with Gasteiger partial charge in [-0.15, -0.1) is 0 Å². The SMILES string of the molecule is CCOC(OCC)[SiH2]CCCN(CCN)CCC[SiH2]C(OCC)OCC. The summed E-state index contributed by atoms with van der Waals surface area (Å²) in [7, 11) is -0.657. The standard InChI is InChI=1S/C18H44N2O4Si2/c1-5-21-17(22-6-2)25-15-9-12-20(14-11-19)13-10-16-26-18(23-7-3)24-8-4/h17-18H,5-16,19,25-26H2,1-4H3. The highest BCUT2D eigenvalue weighted by Gasteiger charge is 2.11. The molecule has 2 N–H and O–H groups in total. The first-order valence-corrected chi connectivity index (χ1v) is 14.2. The Kier molecular flexibility index (Phi) is 20.1. The summed E-state index contributed by atoms with van der Waals surface area (Å²) < 4.78 is 22.7. The van der Waals surface area contributed by atoms with Crippen molar-refractivity contribution in [3.8, 4) is 0 Å². The molecule has 0 aromatic carbocycles. The highest BCUT2D eigenvalue weighted by atomic mass is 28.2. The monoisotopic (exact) mass is 408 g/mol. The lowest BCUT2D eigenvalue weighted by Crippen LogP contribution is -2.33. The Morgan fingerprint density at radius 1 is 0.692 bits per heavy atom. The molecule has 0 bridgehead atoms. The minimum atomic E-state index is -0.328. The van der Waals surface area contributed by atoms with Crippen molar-refractivity contribution in [2.75, 3.05) is 52.6 Å². The third-order valence-corrected chi connectivity index (χ3v) is 7.89. The van der Waals surface area contributed by atoms with Crippen molar-refractivity contribution in [1.82, 2.24) is 4.90 Å². The molecule has 0 amide bonds. The molecule has 0 aromatic heterocycles. The fraction of sp³-hybridized carbons (Fsp3) is 1.00. The Bertz CT molecular complexity index is 256. The second-order valence-electron chi connectivity index (χ2n) is 6.30. The van der Waals surface area contributed by atoms with Crippen LogP contribution >= 0.6 is 0 Å². The molecule has 0 aliphatic rings. The molecule has 0 rings (SSSR count). The van der Waals surface area contributed by atoms with Gasteiger partial charge in [0.05, 0.1) is 19.0 Å². The lowest BCUT2D eigenvalue weighted by atomic mass is 10.3. The van der Waals surface area contributed by atoms with E-state index in [4.69, 9.17) is 24.7 Å². The molecule has 158 valence electrons. The highest BCUT2D eigenvalue weighted by molar-refractivity contribution is 6.36. The summed E-state index contributed by atoms with van der Waals surface area (Å²) in [5.41, 5.74) is 5.79. The summed E-state index contributed by atoms with van der Waals surface area (Å²) in [5, 5.41) is 0. The van der Waals surface area contributed by atoms with Crippen LogP contribution in [0.5, 0.6) is 0 Å². The van der Waals surface area contributed by atoms with Crippen LogP contribution in [0.15, 0.2) is 0 Å². The van der Waals surface area contributed by atoms with Gasteiger partial charge in [-0.2, -0.15) is 0 Å². The quantitative estimate of drug-likeness (QED) is 0.184. The zero-order chi connectivity index (χ0) is 19.5. The number of nitrogens with two attached hydrogens (primary N) is 1. The van der Waals surface area contributed by atoms with Crippen molar-refractivity contribution in [2.24, 2.45) is 5.73 Å².